The summed E-state index contributed by atoms with van der Waals surface area (Å²) in [5.41, 5.74) is 3.81. The lowest BCUT2D eigenvalue weighted by molar-refractivity contribution is 0.0591. The second-order valence-corrected chi connectivity index (χ2v) is 4.91. The highest BCUT2D eigenvalue weighted by Crippen LogP contribution is 2.29. The maximum absolute atomic E-state index is 12.3. The van der Waals surface area contributed by atoms with Crippen molar-refractivity contribution in [2.75, 3.05) is 7.11 Å². The maximum atomic E-state index is 12.3. The summed E-state index contributed by atoms with van der Waals surface area (Å²) in [7, 11) is 1.38. The molecule has 0 aliphatic heterocycles. The van der Waals surface area contributed by atoms with Gasteiger partial charge in [-0.15, -0.1) is 0 Å². The molecule has 1 aromatic heterocycles. The molecule has 0 N–H and O–H groups in total. The van der Waals surface area contributed by atoms with Crippen LogP contribution in [-0.2, 0) is 4.74 Å². The highest BCUT2D eigenvalue weighted by Gasteiger charge is 2.24. The molecule has 4 nitrogen and oxygen atoms in total. The quantitative estimate of drug-likeness (QED) is 0.692. The van der Waals surface area contributed by atoms with E-state index < -0.39 is 5.97 Å². The minimum Gasteiger partial charge on any atom is -0.464 e. The van der Waals surface area contributed by atoms with Crippen LogP contribution in [0.3, 0.4) is 0 Å². The molecule has 3 aromatic rings. The Kier molecular flexibility index (Phi) is 3.74. The zero-order valence-corrected chi connectivity index (χ0v) is 12.5. The van der Waals surface area contributed by atoms with Crippen molar-refractivity contribution in [2.45, 2.75) is 6.92 Å². The van der Waals surface area contributed by atoms with Crippen molar-refractivity contribution in [3.63, 3.8) is 0 Å². The summed E-state index contributed by atoms with van der Waals surface area (Å²) in [5.74, 6) is -0.400. The number of carbonyl (C=O) groups excluding carboxylic acids is 1. The largest absolute Gasteiger partial charge is 0.464 e. The zero-order valence-electron chi connectivity index (χ0n) is 12.5. The molecule has 0 saturated heterocycles. The van der Waals surface area contributed by atoms with Crippen molar-refractivity contribution in [1.82, 2.24) is 9.78 Å². The lowest BCUT2D eigenvalue weighted by Crippen LogP contribution is -2.11. The van der Waals surface area contributed by atoms with Crippen LogP contribution in [0.15, 0.2) is 60.7 Å². The van der Waals surface area contributed by atoms with E-state index in [-0.39, 0.29) is 0 Å². The second kappa shape index (κ2) is 5.85. The summed E-state index contributed by atoms with van der Waals surface area (Å²) < 4.78 is 6.62. The highest BCUT2D eigenvalue weighted by atomic mass is 16.5. The Morgan fingerprint density at radius 3 is 2.18 bits per heavy atom. The molecule has 0 atom stereocenters. The molecule has 4 heteroatoms. The summed E-state index contributed by atoms with van der Waals surface area (Å²) in [4.78, 5) is 12.3. The molecule has 3 rings (SSSR count). The molecule has 0 spiro atoms. The van der Waals surface area contributed by atoms with Crippen molar-refractivity contribution in [3.8, 4) is 16.8 Å². The maximum Gasteiger partial charge on any atom is 0.357 e. The molecular weight excluding hydrogens is 276 g/mol. The average Bonchev–Trinajstić information content (AvgIpc) is 2.93. The first-order chi connectivity index (χ1) is 10.7. The van der Waals surface area contributed by atoms with Crippen LogP contribution in [0.4, 0.5) is 0 Å². The molecule has 0 saturated carbocycles. The van der Waals surface area contributed by atoms with E-state index in [9.17, 15) is 4.79 Å². The normalized spacial score (nSPS) is 10.5. The van der Waals surface area contributed by atoms with Crippen LogP contribution in [0.2, 0.25) is 0 Å². The van der Waals surface area contributed by atoms with Gasteiger partial charge >= 0.3 is 5.97 Å². The average molecular weight is 292 g/mol. The number of para-hydroxylation sites is 1. The lowest BCUT2D eigenvalue weighted by atomic mass is 10.0. The van der Waals surface area contributed by atoms with Gasteiger partial charge in [0.15, 0.2) is 5.69 Å². The summed E-state index contributed by atoms with van der Waals surface area (Å²) >= 11 is 0. The first kappa shape index (κ1) is 14.1. The Morgan fingerprint density at radius 1 is 1.00 bits per heavy atom. The monoisotopic (exact) mass is 292 g/mol. The third-order valence-corrected chi connectivity index (χ3v) is 3.50. The molecule has 0 bridgehead atoms. The van der Waals surface area contributed by atoms with Gasteiger partial charge in [-0.2, -0.15) is 5.10 Å². The minimum atomic E-state index is -0.400. The number of ether oxygens (including phenoxy) is 1. The van der Waals surface area contributed by atoms with Gasteiger partial charge in [0.05, 0.1) is 18.5 Å². The topological polar surface area (TPSA) is 44.1 Å². The number of benzene rings is 2. The molecule has 22 heavy (non-hydrogen) atoms. The standard InChI is InChI=1S/C18H16N2O2/c1-13-16(14-9-5-3-6-10-14)17(18(21)22-2)20(19-13)15-11-7-4-8-12-15/h3-12H,1-2H3. The van der Waals surface area contributed by atoms with Crippen LogP contribution in [0.25, 0.3) is 16.8 Å². The van der Waals surface area contributed by atoms with Gasteiger partial charge in [-0.3, -0.25) is 0 Å². The van der Waals surface area contributed by atoms with E-state index in [4.69, 9.17) is 4.74 Å². The van der Waals surface area contributed by atoms with Gasteiger partial charge in [-0.05, 0) is 24.6 Å². The summed E-state index contributed by atoms with van der Waals surface area (Å²) in [5, 5.41) is 4.54. The Morgan fingerprint density at radius 2 is 1.59 bits per heavy atom. The third kappa shape index (κ3) is 2.39. The van der Waals surface area contributed by atoms with Crippen molar-refractivity contribution in [1.29, 1.82) is 0 Å². The molecule has 110 valence electrons. The first-order valence-electron chi connectivity index (χ1n) is 7.01. The lowest BCUT2D eigenvalue weighted by Gasteiger charge is -2.08. The number of rotatable bonds is 3. The van der Waals surface area contributed by atoms with E-state index in [2.05, 4.69) is 5.10 Å². The van der Waals surface area contributed by atoms with Gasteiger partial charge in [0.25, 0.3) is 0 Å². The van der Waals surface area contributed by atoms with Crippen LogP contribution in [0.1, 0.15) is 16.2 Å². The number of methoxy groups -OCH3 is 1. The number of hydrogen-bond donors (Lipinski definition) is 0. The first-order valence-corrected chi connectivity index (χ1v) is 7.01. The van der Waals surface area contributed by atoms with E-state index in [1.165, 1.54) is 7.11 Å². The Hall–Kier alpha value is -2.88. The molecule has 0 fully saturated rings. The number of nitrogens with zero attached hydrogens (tertiary/aromatic N) is 2. The number of carbonyl (C=O) groups is 1. The van der Waals surface area contributed by atoms with Crippen LogP contribution in [0.5, 0.6) is 0 Å². The smallest absolute Gasteiger partial charge is 0.357 e. The number of aryl methyl sites for hydroxylation is 1. The van der Waals surface area contributed by atoms with Crippen molar-refractivity contribution in [2.24, 2.45) is 0 Å². The summed E-state index contributed by atoms with van der Waals surface area (Å²) in [6.45, 7) is 1.90. The molecule has 1 heterocycles. The molecule has 0 radical (unpaired) electrons. The Labute approximate surface area is 129 Å². The number of aromatic nitrogens is 2. The fourth-order valence-corrected chi connectivity index (χ4v) is 2.52. The van der Waals surface area contributed by atoms with Crippen LogP contribution in [-0.4, -0.2) is 22.9 Å². The molecule has 0 unspecified atom stereocenters. The van der Waals surface area contributed by atoms with E-state index in [1.54, 1.807) is 4.68 Å². The van der Waals surface area contributed by atoms with Crippen molar-refractivity contribution >= 4 is 5.97 Å². The highest BCUT2D eigenvalue weighted by molar-refractivity contribution is 5.97. The number of esters is 1. The van der Waals surface area contributed by atoms with Gasteiger partial charge in [0.2, 0.25) is 0 Å². The van der Waals surface area contributed by atoms with E-state index in [1.807, 2.05) is 67.6 Å². The minimum absolute atomic E-state index is 0.400. The molecule has 0 aliphatic carbocycles. The fraction of sp³-hybridized carbons (Fsp3) is 0.111. The predicted molar refractivity (Wildman–Crippen MR) is 85.1 cm³/mol. The van der Waals surface area contributed by atoms with Crippen molar-refractivity contribution < 1.29 is 9.53 Å². The summed E-state index contributed by atoms with van der Waals surface area (Å²) in [6.07, 6.45) is 0. The van der Waals surface area contributed by atoms with Gasteiger partial charge in [-0.25, -0.2) is 9.48 Å². The summed E-state index contributed by atoms with van der Waals surface area (Å²) in [6, 6.07) is 19.3. The molecule has 0 amide bonds. The molecule has 0 aliphatic rings. The fourth-order valence-electron chi connectivity index (χ4n) is 2.52. The second-order valence-electron chi connectivity index (χ2n) is 4.91. The third-order valence-electron chi connectivity index (χ3n) is 3.50. The van der Waals surface area contributed by atoms with Gasteiger partial charge in [0, 0.05) is 5.56 Å². The van der Waals surface area contributed by atoms with Gasteiger partial charge in [0.1, 0.15) is 0 Å². The van der Waals surface area contributed by atoms with Crippen LogP contribution < -0.4 is 0 Å². The SMILES string of the molecule is COC(=O)c1c(-c2ccccc2)c(C)nn1-c1ccccc1. The molecule has 2 aromatic carbocycles. The predicted octanol–water partition coefficient (Wildman–Crippen LogP) is 3.63. The van der Waals surface area contributed by atoms with Crippen LogP contribution >= 0.6 is 0 Å². The van der Waals surface area contributed by atoms with Gasteiger partial charge in [-0.1, -0.05) is 48.5 Å². The molecular formula is C18H16N2O2. The van der Waals surface area contributed by atoms with Crippen molar-refractivity contribution in [3.05, 3.63) is 72.1 Å². The van der Waals surface area contributed by atoms with Gasteiger partial charge < -0.3 is 4.74 Å². The number of hydrogen-bond acceptors (Lipinski definition) is 3. The van der Waals surface area contributed by atoms with Crippen LogP contribution in [0, 0.1) is 6.92 Å². The van der Waals surface area contributed by atoms with E-state index in [0.29, 0.717) is 5.69 Å². The Balaban J connectivity index is 2.27. The van der Waals surface area contributed by atoms with E-state index in [0.717, 1.165) is 22.5 Å². The zero-order chi connectivity index (χ0) is 15.5. The Bertz CT molecular complexity index is 793. The van der Waals surface area contributed by atoms with E-state index >= 15 is 0 Å².